The van der Waals surface area contributed by atoms with Crippen LogP contribution >= 0.6 is 0 Å². The van der Waals surface area contributed by atoms with Crippen molar-refractivity contribution in [2.45, 2.75) is 52.5 Å². The van der Waals surface area contributed by atoms with E-state index in [9.17, 15) is 10.1 Å². The van der Waals surface area contributed by atoms with Crippen LogP contribution in [0.2, 0.25) is 0 Å². The molecule has 0 amide bonds. The maximum absolute atomic E-state index is 11.1. The average Bonchev–Trinajstić information content (AvgIpc) is 2.63. The van der Waals surface area contributed by atoms with Gasteiger partial charge in [-0.3, -0.25) is 10.1 Å². The van der Waals surface area contributed by atoms with Gasteiger partial charge in [-0.15, -0.1) is 0 Å². The molecule has 0 saturated carbocycles. The largest absolute Gasteiger partial charge is 0.362 e. The lowest BCUT2D eigenvalue weighted by atomic mass is 10.1. The first-order valence-electron chi connectivity index (χ1n) is 6.48. The van der Waals surface area contributed by atoms with Crippen molar-refractivity contribution in [2.24, 2.45) is 7.05 Å². The molecule has 0 aliphatic heterocycles. The van der Waals surface area contributed by atoms with Gasteiger partial charge in [-0.25, -0.2) is 4.68 Å². The minimum Gasteiger partial charge on any atom is -0.362 e. The van der Waals surface area contributed by atoms with E-state index in [0.29, 0.717) is 17.9 Å². The van der Waals surface area contributed by atoms with Gasteiger partial charge < -0.3 is 5.32 Å². The lowest BCUT2D eigenvalue weighted by molar-refractivity contribution is -0.384. The number of hydrogen-bond donors (Lipinski definition) is 1. The Morgan fingerprint density at radius 1 is 1.50 bits per heavy atom. The van der Waals surface area contributed by atoms with E-state index in [2.05, 4.69) is 17.3 Å². The van der Waals surface area contributed by atoms with E-state index >= 15 is 0 Å². The quantitative estimate of drug-likeness (QED) is 0.599. The number of nitrogens with zero attached hydrogens (tertiary/aromatic N) is 3. The van der Waals surface area contributed by atoms with Crippen LogP contribution in [0.5, 0.6) is 0 Å². The Labute approximate surface area is 108 Å². The van der Waals surface area contributed by atoms with Gasteiger partial charge in [0.2, 0.25) is 5.82 Å². The van der Waals surface area contributed by atoms with Crippen molar-refractivity contribution in [3.8, 4) is 0 Å². The fraction of sp³-hybridized carbons (Fsp3) is 0.750. The van der Waals surface area contributed by atoms with Crippen LogP contribution in [0.4, 0.5) is 11.5 Å². The fourth-order valence-electron chi connectivity index (χ4n) is 1.98. The van der Waals surface area contributed by atoms with Crippen LogP contribution in [-0.2, 0) is 13.5 Å². The Hall–Kier alpha value is -1.59. The van der Waals surface area contributed by atoms with Crippen LogP contribution in [-0.4, -0.2) is 20.7 Å². The van der Waals surface area contributed by atoms with E-state index in [0.717, 1.165) is 19.3 Å². The molecule has 0 bridgehead atoms. The molecule has 6 heteroatoms. The summed E-state index contributed by atoms with van der Waals surface area (Å²) in [7, 11) is 1.74. The van der Waals surface area contributed by atoms with E-state index in [1.54, 1.807) is 11.7 Å². The van der Waals surface area contributed by atoms with Gasteiger partial charge in [0.25, 0.3) is 0 Å². The van der Waals surface area contributed by atoms with Crippen molar-refractivity contribution in [1.29, 1.82) is 0 Å². The summed E-state index contributed by atoms with van der Waals surface area (Å²) in [5.74, 6) is 0.514. The standard InChI is InChI=1S/C12H22N4O2/c1-5-7-8-9(3)13-12-11(16(17)18)10(6-2)14-15(12)4/h9,13H,5-8H2,1-4H3. The normalized spacial score (nSPS) is 12.4. The summed E-state index contributed by atoms with van der Waals surface area (Å²) in [6, 6.07) is 0.212. The molecule has 1 N–H and O–H groups in total. The van der Waals surface area contributed by atoms with E-state index in [1.807, 2.05) is 13.8 Å². The summed E-state index contributed by atoms with van der Waals surface area (Å²) in [5.41, 5.74) is 0.649. The fourth-order valence-corrected chi connectivity index (χ4v) is 1.98. The number of nitro groups is 1. The zero-order chi connectivity index (χ0) is 13.7. The molecule has 0 fully saturated rings. The predicted molar refractivity (Wildman–Crippen MR) is 71.9 cm³/mol. The molecule has 1 aromatic heterocycles. The highest BCUT2D eigenvalue weighted by atomic mass is 16.6. The third-order valence-corrected chi connectivity index (χ3v) is 2.98. The van der Waals surface area contributed by atoms with Crippen LogP contribution < -0.4 is 5.32 Å². The molecule has 0 saturated heterocycles. The van der Waals surface area contributed by atoms with Crippen LogP contribution in [0, 0.1) is 10.1 Å². The Bertz CT molecular complexity index is 414. The van der Waals surface area contributed by atoms with E-state index in [-0.39, 0.29) is 16.7 Å². The van der Waals surface area contributed by atoms with Gasteiger partial charge in [0.05, 0.1) is 4.92 Å². The molecular weight excluding hydrogens is 232 g/mol. The number of rotatable bonds is 7. The van der Waals surface area contributed by atoms with E-state index in [4.69, 9.17) is 0 Å². The molecule has 0 radical (unpaired) electrons. The first-order valence-corrected chi connectivity index (χ1v) is 6.48. The number of nitrogens with one attached hydrogen (secondary N) is 1. The van der Waals surface area contributed by atoms with Gasteiger partial charge in [0.1, 0.15) is 5.69 Å². The van der Waals surface area contributed by atoms with Crippen LogP contribution in [0.1, 0.15) is 45.7 Å². The summed E-state index contributed by atoms with van der Waals surface area (Å²) in [4.78, 5) is 10.8. The second-order valence-electron chi connectivity index (χ2n) is 4.57. The monoisotopic (exact) mass is 254 g/mol. The summed E-state index contributed by atoms with van der Waals surface area (Å²) >= 11 is 0. The van der Waals surface area contributed by atoms with Crippen molar-refractivity contribution >= 4 is 11.5 Å². The number of hydrogen-bond acceptors (Lipinski definition) is 4. The second-order valence-corrected chi connectivity index (χ2v) is 4.57. The molecule has 102 valence electrons. The number of aryl methyl sites for hydroxylation is 2. The van der Waals surface area contributed by atoms with Crippen molar-refractivity contribution in [3.05, 3.63) is 15.8 Å². The molecule has 18 heavy (non-hydrogen) atoms. The molecule has 1 rings (SSSR count). The molecule has 0 aliphatic rings. The first kappa shape index (κ1) is 14.5. The van der Waals surface area contributed by atoms with Crippen molar-refractivity contribution in [1.82, 2.24) is 9.78 Å². The van der Waals surface area contributed by atoms with Crippen molar-refractivity contribution < 1.29 is 4.92 Å². The topological polar surface area (TPSA) is 73.0 Å². The lowest BCUT2D eigenvalue weighted by Gasteiger charge is -2.14. The Kier molecular flexibility index (Phi) is 5.12. The summed E-state index contributed by atoms with van der Waals surface area (Å²) < 4.78 is 1.57. The molecule has 1 unspecified atom stereocenters. The van der Waals surface area contributed by atoms with Gasteiger partial charge in [-0.2, -0.15) is 5.10 Å². The molecule has 6 nitrogen and oxygen atoms in total. The molecule has 1 atom stereocenters. The molecule has 0 spiro atoms. The highest BCUT2D eigenvalue weighted by molar-refractivity contribution is 5.60. The van der Waals surface area contributed by atoms with Crippen LogP contribution in [0.3, 0.4) is 0 Å². The number of aromatic nitrogens is 2. The summed E-state index contributed by atoms with van der Waals surface area (Å²) in [5, 5.41) is 18.5. The van der Waals surface area contributed by atoms with Gasteiger partial charge in [-0.05, 0) is 19.8 Å². The SMILES string of the molecule is CCCCC(C)Nc1c([N+](=O)[O-])c(CC)nn1C. The molecule has 1 aromatic rings. The van der Waals surface area contributed by atoms with Gasteiger partial charge in [0, 0.05) is 13.1 Å². The zero-order valence-electron chi connectivity index (χ0n) is 11.6. The van der Waals surface area contributed by atoms with E-state index < -0.39 is 0 Å². The Balaban J connectivity index is 2.93. The highest BCUT2D eigenvalue weighted by Gasteiger charge is 2.26. The highest BCUT2D eigenvalue weighted by Crippen LogP contribution is 2.29. The lowest BCUT2D eigenvalue weighted by Crippen LogP contribution is -2.18. The first-order chi connectivity index (χ1) is 8.51. The van der Waals surface area contributed by atoms with Crippen molar-refractivity contribution in [3.63, 3.8) is 0 Å². The Morgan fingerprint density at radius 3 is 2.67 bits per heavy atom. The van der Waals surface area contributed by atoms with Gasteiger partial charge in [-0.1, -0.05) is 26.7 Å². The molecule has 0 aromatic carbocycles. The van der Waals surface area contributed by atoms with Crippen molar-refractivity contribution in [2.75, 3.05) is 5.32 Å². The zero-order valence-corrected chi connectivity index (χ0v) is 11.6. The molecule has 1 heterocycles. The third kappa shape index (κ3) is 3.21. The average molecular weight is 254 g/mol. The molecule has 0 aliphatic carbocycles. The van der Waals surface area contributed by atoms with E-state index in [1.165, 1.54) is 0 Å². The predicted octanol–water partition coefficient (Wildman–Crippen LogP) is 2.88. The number of unbranched alkanes of at least 4 members (excludes halogenated alkanes) is 1. The smallest absolute Gasteiger partial charge is 0.333 e. The summed E-state index contributed by atoms with van der Waals surface area (Å²) in [6.45, 7) is 6.05. The van der Waals surface area contributed by atoms with Crippen LogP contribution in [0.15, 0.2) is 0 Å². The molecular formula is C12H22N4O2. The second kappa shape index (κ2) is 6.37. The minimum atomic E-state index is -0.347. The van der Waals surface area contributed by atoms with Crippen LogP contribution in [0.25, 0.3) is 0 Å². The van der Waals surface area contributed by atoms with Gasteiger partial charge >= 0.3 is 5.69 Å². The third-order valence-electron chi connectivity index (χ3n) is 2.98. The maximum atomic E-state index is 11.1. The maximum Gasteiger partial charge on any atom is 0.333 e. The number of anilines is 1. The van der Waals surface area contributed by atoms with Gasteiger partial charge in [0.15, 0.2) is 0 Å². The Morgan fingerprint density at radius 2 is 2.17 bits per heavy atom. The summed E-state index contributed by atoms with van der Waals surface area (Å²) in [6.07, 6.45) is 3.80. The minimum absolute atomic E-state index is 0.114.